The van der Waals surface area contributed by atoms with Gasteiger partial charge in [-0.2, -0.15) is 10.1 Å². The van der Waals surface area contributed by atoms with E-state index in [1.807, 2.05) is 36.5 Å². The molecule has 0 saturated carbocycles. The van der Waals surface area contributed by atoms with Crippen molar-refractivity contribution in [3.8, 4) is 0 Å². The number of Topliss-reactive ketones (excluding diaryl/α,β-unsaturated/α-hetero) is 1. The minimum atomic E-state index is 0.0240. The van der Waals surface area contributed by atoms with Gasteiger partial charge in [-0.05, 0) is 31.2 Å². The van der Waals surface area contributed by atoms with E-state index in [1.165, 1.54) is 0 Å². The molecule has 1 aliphatic rings. The summed E-state index contributed by atoms with van der Waals surface area (Å²) in [6.45, 7) is 4.83. The van der Waals surface area contributed by atoms with Gasteiger partial charge in [0.15, 0.2) is 11.6 Å². The number of pyridine rings is 1. The van der Waals surface area contributed by atoms with Gasteiger partial charge in [0, 0.05) is 43.6 Å². The van der Waals surface area contributed by atoms with Gasteiger partial charge in [-0.3, -0.25) is 4.79 Å². The molecular weight excluding hydrogens is 354 g/mol. The first-order valence-corrected chi connectivity index (χ1v) is 9.18. The van der Waals surface area contributed by atoms with E-state index in [-0.39, 0.29) is 5.78 Å². The summed E-state index contributed by atoms with van der Waals surface area (Å²) in [7, 11) is 0. The summed E-state index contributed by atoms with van der Waals surface area (Å²) in [5.74, 6) is 2.20. The SMILES string of the molecule is CC(=O)c1cccc(Nc2cnnc(N3CCN(c4ccccn4)CC3)n2)c1. The fourth-order valence-electron chi connectivity index (χ4n) is 3.13. The Morgan fingerprint density at radius 2 is 1.86 bits per heavy atom. The number of nitrogens with zero attached hydrogens (tertiary/aromatic N) is 6. The molecule has 2 aromatic heterocycles. The molecule has 1 saturated heterocycles. The van der Waals surface area contributed by atoms with Gasteiger partial charge in [0.05, 0.1) is 6.20 Å². The van der Waals surface area contributed by atoms with Crippen LogP contribution in [0, 0.1) is 0 Å². The summed E-state index contributed by atoms with van der Waals surface area (Å²) in [6, 6.07) is 13.3. The van der Waals surface area contributed by atoms with Crippen molar-refractivity contribution in [1.29, 1.82) is 0 Å². The van der Waals surface area contributed by atoms with E-state index in [4.69, 9.17) is 0 Å². The summed E-state index contributed by atoms with van der Waals surface area (Å²) in [5, 5.41) is 11.5. The average molecular weight is 375 g/mol. The molecule has 0 radical (unpaired) electrons. The molecule has 0 spiro atoms. The maximum atomic E-state index is 11.6. The second-order valence-corrected chi connectivity index (χ2v) is 6.57. The van der Waals surface area contributed by atoms with Crippen molar-refractivity contribution in [2.45, 2.75) is 6.92 Å². The van der Waals surface area contributed by atoms with Crippen LogP contribution in [-0.4, -0.2) is 52.1 Å². The molecule has 3 heterocycles. The van der Waals surface area contributed by atoms with Crippen molar-refractivity contribution in [3.05, 3.63) is 60.4 Å². The Morgan fingerprint density at radius 3 is 2.61 bits per heavy atom. The van der Waals surface area contributed by atoms with Gasteiger partial charge in [-0.15, -0.1) is 5.10 Å². The number of aromatic nitrogens is 4. The highest BCUT2D eigenvalue weighted by Gasteiger charge is 2.20. The zero-order valence-electron chi connectivity index (χ0n) is 15.6. The van der Waals surface area contributed by atoms with Crippen LogP contribution in [0.5, 0.6) is 0 Å². The van der Waals surface area contributed by atoms with Crippen LogP contribution in [0.3, 0.4) is 0 Å². The number of anilines is 4. The van der Waals surface area contributed by atoms with Gasteiger partial charge in [0.25, 0.3) is 0 Å². The van der Waals surface area contributed by atoms with E-state index in [0.29, 0.717) is 17.3 Å². The predicted molar refractivity (Wildman–Crippen MR) is 108 cm³/mol. The van der Waals surface area contributed by atoms with Gasteiger partial charge in [0.2, 0.25) is 5.95 Å². The van der Waals surface area contributed by atoms with Crippen LogP contribution in [0.25, 0.3) is 0 Å². The van der Waals surface area contributed by atoms with Crippen molar-refractivity contribution in [2.24, 2.45) is 0 Å². The third kappa shape index (κ3) is 4.06. The molecule has 1 aliphatic heterocycles. The Kier molecular flexibility index (Phi) is 5.09. The first kappa shape index (κ1) is 17.8. The summed E-state index contributed by atoms with van der Waals surface area (Å²) >= 11 is 0. The lowest BCUT2D eigenvalue weighted by molar-refractivity contribution is 0.101. The molecule has 1 aromatic carbocycles. The van der Waals surface area contributed by atoms with Gasteiger partial charge < -0.3 is 15.1 Å². The largest absolute Gasteiger partial charge is 0.353 e. The Bertz CT molecular complexity index is 956. The van der Waals surface area contributed by atoms with E-state index in [1.54, 1.807) is 25.3 Å². The number of piperazine rings is 1. The third-order valence-electron chi connectivity index (χ3n) is 4.62. The lowest BCUT2D eigenvalue weighted by Crippen LogP contribution is -2.47. The van der Waals surface area contributed by atoms with Gasteiger partial charge in [0.1, 0.15) is 5.82 Å². The Hall–Kier alpha value is -3.55. The minimum Gasteiger partial charge on any atom is -0.353 e. The van der Waals surface area contributed by atoms with Crippen LogP contribution in [0.15, 0.2) is 54.9 Å². The molecule has 1 N–H and O–H groups in total. The summed E-state index contributed by atoms with van der Waals surface area (Å²) < 4.78 is 0. The molecule has 0 unspecified atom stereocenters. The Labute approximate surface area is 163 Å². The molecule has 0 amide bonds. The smallest absolute Gasteiger partial charge is 0.247 e. The third-order valence-corrected chi connectivity index (χ3v) is 4.62. The number of hydrogen-bond acceptors (Lipinski definition) is 8. The molecule has 3 aromatic rings. The second kappa shape index (κ2) is 7.99. The summed E-state index contributed by atoms with van der Waals surface area (Å²) in [4.78, 5) is 24.9. The fraction of sp³-hybridized carbons (Fsp3) is 0.250. The van der Waals surface area contributed by atoms with Crippen molar-refractivity contribution < 1.29 is 4.79 Å². The number of carbonyl (C=O) groups excluding carboxylic acids is 1. The molecule has 0 bridgehead atoms. The maximum absolute atomic E-state index is 11.6. The van der Waals surface area contributed by atoms with Gasteiger partial charge in [-0.25, -0.2) is 4.98 Å². The molecule has 0 atom stereocenters. The van der Waals surface area contributed by atoms with Crippen LogP contribution < -0.4 is 15.1 Å². The normalized spacial score (nSPS) is 14.0. The zero-order valence-corrected chi connectivity index (χ0v) is 15.6. The van der Waals surface area contributed by atoms with Crippen molar-refractivity contribution in [1.82, 2.24) is 20.2 Å². The summed E-state index contributed by atoms with van der Waals surface area (Å²) in [5.41, 5.74) is 1.44. The fourth-order valence-corrected chi connectivity index (χ4v) is 3.13. The van der Waals surface area contributed by atoms with E-state index in [9.17, 15) is 4.79 Å². The lowest BCUT2D eigenvalue weighted by Gasteiger charge is -2.35. The second-order valence-electron chi connectivity index (χ2n) is 6.57. The Morgan fingerprint density at radius 1 is 1.04 bits per heavy atom. The molecule has 142 valence electrons. The molecule has 4 rings (SSSR count). The minimum absolute atomic E-state index is 0.0240. The number of ketones is 1. The van der Waals surface area contributed by atoms with Gasteiger partial charge >= 0.3 is 0 Å². The quantitative estimate of drug-likeness (QED) is 0.681. The molecule has 0 aliphatic carbocycles. The highest BCUT2D eigenvalue weighted by Crippen LogP contribution is 2.19. The van der Waals surface area contributed by atoms with Crippen molar-refractivity contribution >= 4 is 29.1 Å². The predicted octanol–water partition coefficient (Wildman–Crippen LogP) is 2.54. The molecule has 8 heteroatoms. The maximum Gasteiger partial charge on any atom is 0.247 e. The summed E-state index contributed by atoms with van der Waals surface area (Å²) in [6.07, 6.45) is 3.39. The van der Waals surface area contributed by atoms with Crippen LogP contribution in [0.1, 0.15) is 17.3 Å². The van der Waals surface area contributed by atoms with Crippen LogP contribution in [0.4, 0.5) is 23.3 Å². The first-order chi connectivity index (χ1) is 13.7. The monoisotopic (exact) mass is 375 g/mol. The number of rotatable bonds is 5. The number of benzene rings is 1. The Balaban J connectivity index is 1.43. The zero-order chi connectivity index (χ0) is 19.3. The molecule has 28 heavy (non-hydrogen) atoms. The average Bonchev–Trinajstić information content (AvgIpc) is 2.75. The van der Waals surface area contributed by atoms with Gasteiger partial charge in [-0.1, -0.05) is 18.2 Å². The number of carbonyl (C=O) groups is 1. The lowest BCUT2D eigenvalue weighted by atomic mass is 10.1. The molecule has 8 nitrogen and oxygen atoms in total. The van der Waals surface area contributed by atoms with Crippen LogP contribution >= 0.6 is 0 Å². The first-order valence-electron chi connectivity index (χ1n) is 9.18. The van der Waals surface area contributed by atoms with Crippen molar-refractivity contribution in [2.75, 3.05) is 41.3 Å². The van der Waals surface area contributed by atoms with Crippen LogP contribution in [-0.2, 0) is 0 Å². The van der Waals surface area contributed by atoms with E-state index in [0.717, 1.165) is 37.7 Å². The number of nitrogens with one attached hydrogen (secondary N) is 1. The standard InChI is InChI=1S/C20H21N7O/c1-15(28)16-5-4-6-17(13-16)23-18-14-22-25-20(24-18)27-11-9-26(10-12-27)19-7-2-3-8-21-19/h2-8,13-14H,9-12H2,1H3,(H,23,24,25). The number of hydrogen-bond donors (Lipinski definition) is 1. The highest BCUT2D eigenvalue weighted by molar-refractivity contribution is 5.95. The van der Waals surface area contributed by atoms with E-state index in [2.05, 4.69) is 35.3 Å². The molecule has 1 fully saturated rings. The van der Waals surface area contributed by atoms with E-state index >= 15 is 0 Å². The van der Waals surface area contributed by atoms with E-state index < -0.39 is 0 Å². The topological polar surface area (TPSA) is 87.1 Å². The highest BCUT2D eigenvalue weighted by atomic mass is 16.1. The molecular formula is C20H21N7O. The van der Waals surface area contributed by atoms with Crippen molar-refractivity contribution in [3.63, 3.8) is 0 Å². The van der Waals surface area contributed by atoms with Crippen LogP contribution in [0.2, 0.25) is 0 Å².